The number of benzene rings is 1. The van der Waals surface area contributed by atoms with Gasteiger partial charge in [-0.25, -0.2) is 4.79 Å². The van der Waals surface area contributed by atoms with Crippen LogP contribution in [0, 0.1) is 5.92 Å². The number of nitrogens with two attached hydrogens (primary N) is 1. The summed E-state index contributed by atoms with van der Waals surface area (Å²) in [7, 11) is 0. The lowest BCUT2D eigenvalue weighted by molar-refractivity contribution is -0.142. The molecular weight excluding hydrogens is 244 g/mol. The molecule has 0 radical (unpaired) electrons. The van der Waals surface area contributed by atoms with Crippen LogP contribution in [0.1, 0.15) is 31.4 Å². The van der Waals surface area contributed by atoms with Crippen LogP contribution in [0.4, 0.5) is 0 Å². The lowest BCUT2D eigenvalue weighted by atomic mass is 10.0. The maximum Gasteiger partial charge on any atom is 0.330 e. The Hall–Kier alpha value is -1.88. The largest absolute Gasteiger partial charge is 0.479 e. The highest BCUT2D eigenvalue weighted by Crippen LogP contribution is 2.14. The molecule has 0 aliphatic carbocycles. The fourth-order valence-electron chi connectivity index (χ4n) is 1.90. The van der Waals surface area contributed by atoms with Gasteiger partial charge >= 0.3 is 5.97 Å². The summed E-state index contributed by atoms with van der Waals surface area (Å²) in [6.07, 6.45) is 1.49. The van der Waals surface area contributed by atoms with Crippen molar-refractivity contribution in [2.75, 3.05) is 6.54 Å². The Labute approximate surface area is 112 Å². The van der Waals surface area contributed by atoms with Crippen molar-refractivity contribution in [2.24, 2.45) is 11.7 Å². The molecule has 1 rings (SSSR count). The van der Waals surface area contributed by atoms with E-state index in [1.54, 1.807) is 30.3 Å². The SMILES string of the molecule is CCCC(CN)C(=O)NC(C(=O)O)c1ccccc1. The average Bonchev–Trinajstić information content (AvgIpc) is 2.42. The number of nitrogens with one attached hydrogen (secondary N) is 1. The Kier molecular flexibility index (Phi) is 6.02. The summed E-state index contributed by atoms with van der Waals surface area (Å²) < 4.78 is 0. The number of amides is 1. The first-order chi connectivity index (χ1) is 9.10. The smallest absolute Gasteiger partial charge is 0.330 e. The van der Waals surface area contributed by atoms with Crippen molar-refractivity contribution < 1.29 is 14.7 Å². The fourth-order valence-corrected chi connectivity index (χ4v) is 1.90. The molecule has 104 valence electrons. The highest BCUT2D eigenvalue weighted by Gasteiger charge is 2.25. The van der Waals surface area contributed by atoms with Crippen molar-refractivity contribution in [3.05, 3.63) is 35.9 Å². The van der Waals surface area contributed by atoms with Gasteiger partial charge in [-0.3, -0.25) is 4.79 Å². The van der Waals surface area contributed by atoms with E-state index in [2.05, 4.69) is 5.32 Å². The molecule has 5 nitrogen and oxygen atoms in total. The van der Waals surface area contributed by atoms with Crippen molar-refractivity contribution in [1.82, 2.24) is 5.32 Å². The summed E-state index contributed by atoms with van der Waals surface area (Å²) >= 11 is 0. The molecule has 5 heteroatoms. The van der Waals surface area contributed by atoms with Crippen LogP contribution in [0.2, 0.25) is 0 Å². The van der Waals surface area contributed by atoms with Crippen LogP contribution in [-0.4, -0.2) is 23.5 Å². The standard InChI is InChI=1S/C14H20N2O3/c1-2-6-11(9-15)13(17)16-12(14(18)19)10-7-4-3-5-8-10/h3-5,7-8,11-12H,2,6,9,15H2,1H3,(H,16,17)(H,18,19). The first-order valence-corrected chi connectivity index (χ1v) is 6.38. The Morgan fingerprint density at radius 1 is 1.32 bits per heavy atom. The topological polar surface area (TPSA) is 92.4 Å². The lowest BCUT2D eigenvalue weighted by Crippen LogP contribution is -2.40. The van der Waals surface area contributed by atoms with Gasteiger partial charge in [0, 0.05) is 6.54 Å². The Bertz CT molecular complexity index is 420. The zero-order valence-electron chi connectivity index (χ0n) is 11.0. The monoisotopic (exact) mass is 264 g/mol. The van der Waals surface area contributed by atoms with Gasteiger partial charge in [-0.05, 0) is 12.0 Å². The van der Waals surface area contributed by atoms with Crippen LogP contribution in [0.5, 0.6) is 0 Å². The number of carbonyl (C=O) groups is 2. The Balaban J connectivity index is 2.80. The van der Waals surface area contributed by atoms with Crippen molar-refractivity contribution in [3.8, 4) is 0 Å². The van der Waals surface area contributed by atoms with E-state index in [-0.39, 0.29) is 18.4 Å². The molecule has 2 unspecified atom stereocenters. The Morgan fingerprint density at radius 3 is 2.42 bits per heavy atom. The molecule has 0 aliphatic heterocycles. The normalized spacial score (nSPS) is 13.6. The molecule has 0 saturated carbocycles. The minimum atomic E-state index is -1.08. The number of hydrogen-bond acceptors (Lipinski definition) is 3. The second-order valence-electron chi connectivity index (χ2n) is 4.41. The lowest BCUT2D eigenvalue weighted by Gasteiger charge is -2.19. The molecule has 2 atom stereocenters. The van der Waals surface area contributed by atoms with Crippen LogP contribution in [0.15, 0.2) is 30.3 Å². The van der Waals surface area contributed by atoms with Gasteiger partial charge in [0.15, 0.2) is 6.04 Å². The summed E-state index contributed by atoms with van der Waals surface area (Å²) in [5, 5.41) is 11.8. The van der Waals surface area contributed by atoms with E-state index in [0.29, 0.717) is 12.0 Å². The first-order valence-electron chi connectivity index (χ1n) is 6.38. The van der Waals surface area contributed by atoms with Crippen LogP contribution >= 0.6 is 0 Å². The predicted molar refractivity (Wildman–Crippen MR) is 72.4 cm³/mol. The molecule has 4 N–H and O–H groups in total. The van der Waals surface area contributed by atoms with Crippen molar-refractivity contribution in [1.29, 1.82) is 0 Å². The second kappa shape index (κ2) is 7.53. The van der Waals surface area contributed by atoms with Gasteiger partial charge < -0.3 is 16.2 Å². The van der Waals surface area contributed by atoms with E-state index in [4.69, 9.17) is 5.73 Å². The summed E-state index contributed by atoms with van der Waals surface area (Å²) in [4.78, 5) is 23.3. The second-order valence-corrected chi connectivity index (χ2v) is 4.41. The summed E-state index contributed by atoms with van der Waals surface area (Å²) in [5.41, 5.74) is 6.09. The zero-order valence-corrected chi connectivity index (χ0v) is 11.0. The molecule has 0 fully saturated rings. The van der Waals surface area contributed by atoms with Crippen LogP contribution < -0.4 is 11.1 Å². The molecule has 0 heterocycles. The van der Waals surface area contributed by atoms with Gasteiger partial charge in [0.05, 0.1) is 5.92 Å². The molecular formula is C14H20N2O3. The highest BCUT2D eigenvalue weighted by atomic mass is 16.4. The van der Waals surface area contributed by atoms with E-state index in [1.165, 1.54) is 0 Å². The van der Waals surface area contributed by atoms with Gasteiger partial charge in [-0.15, -0.1) is 0 Å². The molecule has 19 heavy (non-hydrogen) atoms. The van der Waals surface area contributed by atoms with Gasteiger partial charge in [0.2, 0.25) is 5.91 Å². The summed E-state index contributed by atoms with van der Waals surface area (Å²) in [6.45, 7) is 2.18. The minimum Gasteiger partial charge on any atom is -0.479 e. The summed E-state index contributed by atoms with van der Waals surface area (Å²) in [5.74, 6) is -1.72. The van der Waals surface area contributed by atoms with Gasteiger partial charge in [-0.2, -0.15) is 0 Å². The number of aliphatic carboxylic acids is 1. The molecule has 1 amide bonds. The third-order valence-electron chi connectivity index (χ3n) is 2.96. The zero-order chi connectivity index (χ0) is 14.3. The fraction of sp³-hybridized carbons (Fsp3) is 0.429. The minimum absolute atomic E-state index is 0.223. The van der Waals surface area contributed by atoms with E-state index >= 15 is 0 Å². The highest BCUT2D eigenvalue weighted by molar-refractivity contribution is 5.85. The number of carboxylic acids is 1. The van der Waals surface area contributed by atoms with Crippen LogP contribution in [-0.2, 0) is 9.59 Å². The molecule has 0 spiro atoms. The average molecular weight is 264 g/mol. The molecule has 0 aliphatic rings. The maximum absolute atomic E-state index is 12.0. The quantitative estimate of drug-likeness (QED) is 0.692. The molecule has 0 aromatic heterocycles. The van der Waals surface area contributed by atoms with Gasteiger partial charge in [-0.1, -0.05) is 43.7 Å². The van der Waals surface area contributed by atoms with Gasteiger partial charge in [0.1, 0.15) is 0 Å². The van der Waals surface area contributed by atoms with Crippen molar-refractivity contribution >= 4 is 11.9 Å². The van der Waals surface area contributed by atoms with E-state index < -0.39 is 12.0 Å². The Morgan fingerprint density at radius 2 is 1.95 bits per heavy atom. The van der Waals surface area contributed by atoms with Gasteiger partial charge in [0.25, 0.3) is 0 Å². The van der Waals surface area contributed by atoms with Crippen molar-refractivity contribution in [3.63, 3.8) is 0 Å². The van der Waals surface area contributed by atoms with Crippen LogP contribution in [0.3, 0.4) is 0 Å². The molecule has 0 saturated heterocycles. The van der Waals surface area contributed by atoms with Crippen molar-refractivity contribution in [2.45, 2.75) is 25.8 Å². The van der Waals surface area contributed by atoms with E-state index in [9.17, 15) is 14.7 Å². The third kappa shape index (κ3) is 4.37. The third-order valence-corrected chi connectivity index (χ3v) is 2.96. The molecule has 1 aromatic carbocycles. The predicted octanol–water partition coefficient (Wildman–Crippen LogP) is 1.30. The first kappa shape index (κ1) is 15.2. The van der Waals surface area contributed by atoms with E-state index in [1.807, 2.05) is 6.92 Å². The number of rotatable bonds is 7. The number of carbonyl (C=O) groups excluding carboxylic acids is 1. The summed E-state index contributed by atoms with van der Waals surface area (Å²) in [6, 6.07) is 7.60. The maximum atomic E-state index is 12.0. The molecule has 1 aromatic rings. The number of carboxylic acid groups (broad SMARTS) is 1. The van der Waals surface area contributed by atoms with E-state index in [0.717, 1.165) is 6.42 Å². The number of hydrogen-bond donors (Lipinski definition) is 3. The van der Waals surface area contributed by atoms with Crippen LogP contribution in [0.25, 0.3) is 0 Å². The molecule has 0 bridgehead atoms.